The molecule has 0 aromatic rings. The summed E-state index contributed by atoms with van der Waals surface area (Å²) in [5.74, 6) is -1.42. The highest BCUT2D eigenvalue weighted by Crippen LogP contribution is 2.49. The van der Waals surface area contributed by atoms with Gasteiger partial charge in [0, 0.05) is 32.1 Å². The molecule has 1 unspecified atom stereocenters. The molecule has 0 saturated heterocycles. The molecule has 0 aromatic carbocycles. The summed E-state index contributed by atoms with van der Waals surface area (Å²) in [6.07, 6.45) is 3.47. The molecule has 0 radical (unpaired) electrons. The molecule has 0 aromatic heterocycles. The molecule has 0 amide bonds. The van der Waals surface area contributed by atoms with Gasteiger partial charge in [-0.1, -0.05) is 13.5 Å². The van der Waals surface area contributed by atoms with Crippen LogP contribution in [0.5, 0.6) is 0 Å². The van der Waals surface area contributed by atoms with E-state index < -0.39 is 20.3 Å². The van der Waals surface area contributed by atoms with Gasteiger partial charge in [0.05, 0.1) is 0 Å². The van der Waals surface area contributed by atoms with Crippen LogP contribution in [-0.4, -0.2) is 26.9 Å². The second-order valence-electron chi connectivity index (χ2n) is 5.00. The van der Waals surface area contributed by atoms with Crippen molar-refractivity contribution in [3.05, 3.63) is 12.7 Å². The second kappa shape index (κ2) is 5.99. The summed E-state index contributed by atoms with van der Waals surface area (Å²) in [5, 5.41) is 0. The van der Waals surface area contributed by atoms with Gasteiger partial charge < -0.3 is 13.6 Å². The number of carbonyl (C=O) groups excluding carboxylic acids is 1. The number of hydrogen-bond acceptors (Lipinski definition) is 4. The van der Waals surface area contributed by atoms with Crippen LogP contribution in [0, 0.1) is 0 Å². The lowest BCUT2D eigenvalue weighted by atomic mass is 10.4. The highest BCUT2D eigenvalue weighted by Gasteiger charge is 2.53. The fourth-order valence-corrected chi connectivity index (χ4v) is 5.98. The monoisotopic (exact) mass is 272 g/mol. The van der Waals surface area contributed by atoms with E-state index in [0.29, 0.717) is 12.1 Å². The molecule has 5 heteroatoms. The Bertz CT molecular complexity index is 312. The van der Waals surface area contributed by atoms with Crippen LogP contribution in [-0.2, 0) is 18.4 Å². The molecule has 4 nitrogen and oxygen atoms in total. The van der Waals surface area contributed by atoms with Crippen molar-refractivity contribution in [3.63, 3.8) is 0 Å². The predicted octanol–water partition coefficient (Wildman–Crippen LogP) is 3.13. The molecule has 1 rings (SSSR count). The lowest BCUT2D eigenvalue weighted by Crippen LogP contribution is -2.50. The van der Waals surface area contributed by atoms with Crippen LogP contribution in [0.2, 0.25) is 11.6 Å². The SMILES string of the molecule is C=CC(=O)OC(C)(C)O[Si](CC)(OCC)C1CC1. The Hall–Kier alpha value is -0.653. The predicted molar refractivity (Wildman–Crippen MR) is 72.3 cm³/mol. The molecule has 18 heavy (non-hydrogen) atoms. The lowest BCUT2D eigenvalue weighted by molar-refractivity contribution is -0.187. The lowest BCUT2D eigenvalue weighted by Gasteiger charge is -2.37. The zero-order valence-electron chi connectivity index (χ0n) is 11.8. The van der Waals surface area contributed by atoms with Gasteiger partial charge in [-0.25, -0.2) is 4.79 Å². The summed E-state index contributed by atoms with van der Waals surface area (Å²) in [6, 6.07) is 0.876. The molecular formula is C13H24O4Si. The molecule has 104 valence electrons. The minimum absolute atomic E-state index is 0.466. The number of esters is 1. The molecule has 1 aliphatic rings. The standard InChI is InChI=1S/C13H24O4Si/c1-6-12(14)16-13(4,5)17-18(8-3,15-7-2)11-9-10-11/h6,11H,1,7-10H2,2-5H3. The summed E-state index contributed by atoms with van der Waals surface area (Å²) in [6.45, 7) is 11.6. The maximum absolute atomic E-state index is 11.3. The number of ether oxygens (including phenoxy) is 1. The van der Waals surface area contributed by atoms with Crippen LogP contribution < -0.4 is 0 Å². The highest BCUT2D eigenvalue weighted by atomic mass is 28.4. The summed E-state index contributed by atoms with van der Waals surface area (Å²) in [4.78, 5) is 11.3. The van der Waals surface area contributed by atoms with Gasteiger partial charge in [-0.2, -0.15) is 0 Å². The first-order chi connectivity index (χ1) is 8.39. The smallest absolute Gasteiger partial charge is 0.344 e. The van der Waals surface area contributed by atoms with Gasteiger partial charge in [-0.3, -0.25) is 0 Å². The van der Waals surface area contributed by atoms with Crippen molar-refractivity contribution in [2.75, 3.05) is 6.61 Å². The van der Waals surface area contributed by atoms with Crippen LogP contribution >= 0.6 is 0 Å². The molecule has 0 heterocycles. The Morgan fingerprint density at radius 1 is 1.44 bits per heavy atom. The summed E-state index contributed by atoms with van der Waals surface area (Å²) in [5.41, 5.74) is 0.532. The van der Waals surface area contributed by atoms with Crippen molar-refractivity contribution in [2.45, 2.75) is 57.9 Å². The van der Waals surface area contributed by atoms with Gasteiger partial charge in [0.15, 0.2) is 0 Å². The van der Waals surface area contributed by atoms with E-state index in [1.165, 1.54) is 0 Å². The number of rotatable bonds is 8. The minimum atomic E-state index is -2.26. The number of carbonyl (C=O) groups is 1. The molecular weight excluding hydrogens is 248 g/mol. The van der Waals surface area contributed by atoms with Crippen LogP contribution in [0.1, 0.15) is 40.5 Å². The zero-order chi connectivity index (χ0) is 13.8. The van der Waals surface area contributed by atoms with Gasteiger partial charge in [0.1, 0.15) is 0 Å². The third-order valence-electron chi connectivity index (χ3n) is 3.01. The molecule has 1 saturated carbocycles. The van der Waals surface area contributed by atoms with Crippen molar-refractivity contribution in [1.82, 2.24) is 0 Å². The van der Waals surface area contributed by atoms with E-state index in [2.05, 4.69) is 13.5 Å². The first-order valence-corrected chi connectivity index (χ1v) is 8.68. The fraction of sp³-hybridized carbons (Fsp3) is 0.769. The average Bonchev–Trinajstić information content (AvgIpc) is 3.11. The van der Waals surface area contributed by atoms with E-state index in [9.17, 15) is 4.79 Å². The van der Waals surface area contributed by atoms with Crippen molar-refractivity contribution in [2.24, 2.45) is 0 Å². The van der Waals surface area contributed by atoms with E-state index in [1.54, 1.807) is 13.8 Å². The topological polar surface area (TPSA) is 44.8 Å². The third-order valence-corrected chi connectivity index (χ3v) is 7.43. The van der Waals surface area contributed by atoms with Gasteiger partial charge >= 0.3 is 14.5 Å². The van der Waals surface area contributed by atoms with Crippen molar-refractivity contribution in [3.8, 4) is 0 Å². The van der Waals surface area contributed by atoms with Gasteiger partial charge in [0.25, 0.3) is 0 Å². The van der Waals surface area contributed by atoms with E-state index in [1.807, 2.05) is 6.92 Å². The Balaban J connectivity index is 2.75. The molecule has 0 N–H and O–H groups in total. The maximum atomic E-state index is 11.3. The van der Waals surface area contributed by atoms with Gasteiger partial charge in [0.2, 0.25) is 5.79 Å². The number of hydrogen-bond donors (Lipinski definition) is 0. The largest absolute Gasteiger partial charge is 0.431 e. The molecule has 1 atom stereocenters. The molecule has 0 bridgehead atoms. The summed E-state index contributed by atoms with van der Waals surface area (Å²) < 4.78 is 17.3. The van der Waals surface area contributed by atoms with E-state index in [4.69, 9.17) is 13.6 Å². The fourth-order valence-electron chi connectivity index (χ4n) is 2.18. The van der Waals surface area contributed by atoms with E-state index in [-0.39, 0.29) is 0 Å². The Morgan fingerprint density at radius 2 is 2.06 bits per heavy atom. The maximum Gasteiger partial charge on any atom is 0.344 e. The van der Waals surface area contributed by atoms with Crippen LogP contribution in [0.15, 0.2) is 12.7 Å². The zero-order valence-corrected chi connectivity index (χ0v) is 12.8. The first-order valence-electron chi connectivity index (χ1n) is 6.58. The first kappa shape index (κ1) is 15.4. The highest BCUT2D eigenvalue weighted by molar-refractivity contribution is 6.69. The van der Waals surface area contributed by atoms with Crippen LogP contribution in [0.25, 0.3) is 0 Å². The quantitative estimate of drug-likeness (QED) is 0.295. The average molecular weight is 272 g/mol. The second-order valence-corrected chi connectivity index (χ2v) is 8.64. The Kier molecular flexibility index (Phi) is 5.13. The molecule has 1 fully saturated rings. The summed E-state index contributed by atoms with van der Waals surface area (Å²) >= 11 is 0. The minimum Gasteiger partial charge on any atom is -0.431 e. The molecule has 0 spiro atoms. The van der Waals surface area contributed by atoms with Gasteiger partial charge in [-0.05, 0) is 25.8 Å². The van der Waals surface area contributed by atoms with Crippen molar-refractivity contribution < 1.29 is 18.4 Å². The molecule has 1 aliphatic carbocycles. The van der Waals surface area contributed by atoms with Gasteiger partial charge in [-0.15, -0.1) is 0 Å². The Morgan fingerprint density at radius 3 is 2.44 bits per heavy atom. The van der Waals surface area contributed by atoms with E-state index >= 15 is 0 Å². The Labute approximate surface area is 111 Å². The normalized spacial score (nSPS) is 19.1. The molecule has 0 aliphatic heterocycles. The van der Waals surface area contributed by atoms with Crippen molar-refractivity contribution in [1.29, 1.82) is 0 Å². The summed E-state index contributed by atoms with van der Waals surface area (Å²) in [7, 11) is -2.26. The van der Waals surface area contributed by atoms with Crippen LogP contribution in [0.3, 0.4) is 0 Å². The third kappa shape index (κ3) is 3.93. The van der Waals surface area contributed by atoms with Crippen molar-refractivity contribution >= 4 is 14.5 Å². The van der Waals surface area contributed by atoms with E-state index in [0.717, 1.165) is 25.0 Å². The van der Waals surface area contributed by atoms with Crippen LogP contribution in [0.4, 0.5) is 0 Å².